The minimum Gasteiger partial charge on any atom is -0.505 e. The summed E-state index contributed by atoms with van der Waals surface area (Å²) in [4.78, 5) is 29.8. The van der Waals surface area contributed by atoms with Crippen LogP contribution in [0.1, 0.15) is 60.6 Å². The van der Waals surface area contributed by atoms with E-state index in [1.165, 1.54) is 18.7 Å². The van der Waals surface area contributed by atoms with Crippen molar-refractivity contribution in [3.05, 3.63) is 59.4 Å². The van der Waals surface area contributed by atoms with E-state index in [1.54, 1.807) is 6.07 Å². The number of carbonyl (C=O) groups excluding carboxylic acids is 2. The number of hydrogen-bond acceptors (Lipinski definition) is 5. The summed E-state index contributed by atoms with van der Waals surface area (Å²) in [6, 6.07) is 10.7. The van der Waals surface area contributed by atoms with Crippen molar-refractivity contribution in [2.24, 2.45) is 0 Å². The van der Waals surface area contributed by atoms with Crippen LogP contribution < -0.4 is 5.32 Å². The van der Waals surface area contributed by atoms with E-state index in [4.69, 9.17) is 4.74 Å². The van der Waals surface area contributed by atoms with E-state index >= 15 is 0 Å². The lowest BCUT2D eigenvalue weighted by molar-refractivity contribution is -0.151. The van der Waals surface area contributed by atoms with Crippen molar-refractivity contribution >= 4 is 11.9 Å². The van der Waals surface area contributed by atoms with E-state index in [-0.39, 0.29) is 11.4 Å². The molecule has 0 unspecified atom stereocenters. The molecular weight excluding hydrogens is 368 g/mol. The van der Waals surface area contributed by atoms with Gasteiger partial charge in [-0.05, 0) is 29.7 Å². The Balaban J connectivity index is 1.72. The Kier molecular flexibility index (Phi) is 6.86. The van der Waals surface area contributed by atoms with E-state index in [1.807, 2.05) is 24.3 Å². The Hall–Kier alpha value is -2.89. The van der Waals surface area contributed by atoms with Crippen molar-refractivity contribution in [3.8, 4) is 5.75 Å². The van der Waals surface area contributed by atoms with Gasteiger partial charge in [0, 0.05) is 19.0 Å². The fourth-order valence-electron chi connectivity index (χ4n) is 3.76. The normalized spacial score (nSPS) is 14.2. The first-order valence-electron chi connectivity index (χ1n) is 10.3. The zero-order valence-electron chi connectivity index (χ0n) is 16.8. The minimum atomic E-state index is -1.19. The number of hydrogen-bond donors (Lipinski definition) is 2. The van der Waals surface area contributed by atoms with E-state index < -0.39 is 17.4 Å². The SMILES string of the molecule is CCCCCCCOC(=O)C1(NC(=O)c2ncccc2O)Cc2ccccc2C1. The number of rotatable bonds is 9. The predicted molar refractivity (Wildman–Crippen MR) is 110 cm³/mol. The molecule has 0 fully saturated rings. The maximum Gasteiger partial charge on any atom is 0.332 e. The monoisotopic (exact) mass is 396 g/mol. The molecule has 3 rings (SSSR count). The van der Waals surface area contributed by atoms with Gasteiger partial charge in [-0.1, -0.05) is 56.9 Å². The highest BCUT2D eigenvalue weighted by Crippen LogP contribution is 2.32. The van der Waals surface area contributed by atoms with Gasteiger partial charge in [-0.15, -0.1) is 0 Å². The van der Waals surface area contributed by atoms with Gasteiger partial charge in [-0.2, -0.15) is 0 Å². The second kappa shape index (κ2) is 9.54. The van der Waals surface area contributed by atoms with E-state index in [2.05, 4.69) is 17.2 Å². The third-order valence-corrected chi connectivity index (χ3v) is 5.33. The maximum absolute atomic E-state index is 13.1. The van der Waals surface area contributed by atoms with Gasteiger partial charge in [-0.3, -0.25) is 4.79 Å². The topological polar surface area (TPSA) is 88.5 Å². The molecule has 154 valence electrons. The van der Waals surface area contributed by atoms with Crippen molar-refractivity contribution in [1.29, 1.82) is 0 Å². The molecule has 0 spiro atoms. The zero-order chi connectivity index (χ0) is 20.7. The number of benzene rings is 1. The Morgan fingerprint density at radius 1 is 1.07 bits per heavy atom. The van der Waals surface area contributed by atoms with Gasteiger partial charge >= 0.3 is 5.97 Å². The number of pyridine rings is 1. The number of carbonyl (C=O) groups is 2. The molecule has 6 nitrogen and oxygen atoms in total. The fraction of sp³-hybridized carbons (Fsp3) is 0.435. The Labute approximate surface area is 171 Å². The molecule has 2 N–H and O–H groups in total. The lowest BCUT2D eigenvalue weighted by Gasteiger charge is -2.28. The third kappa shape index (κ3) is 4.94. The summed E-state index contributed by atoms with van der Waals surface area (Å²) in [7, 11) is 0. The molecule has 0 saturated heterocycles. The van der Waals surface area contributed by atoms with Gasteiger partial charge in [0.1, 0.15) is 11.3 Å². The first-order valence-corrected chi connectivity index (χ1v) is 10.3. The van der Waals surface area contributed by atoms with Gasteiger partial charge in [0.25, 0.3) is 5.91 Å². The molecule has 1 heterocycles. The third-order valence-electron chi connectivity index (χ3n) is 5.33. The second-order valence-electron chi connectivity index (χ2n) is 7.58. The van der Waals surface area contributed by atoms with Crippen LogP contribution in [0.4, 0.5) is 0 Å². The van der Waals surface area contributed by atoms with E-state index in [0.29, 0.717) is 19.4 Å². The van der Waals surface area contributed by atoms with Crippen molar-refractivity contribution in [3.63, 3.8) is 0 Å². The fourth-order valence-corrected chi connectivity index (χ4v) is 3.76. The number of ether oxygens (including phenoxy) is 1. The lowest BCUT2D eigenvalue weighted by Crippen LogP contribution is -2.56. The van der Waals surface area contributed by atoms with Crippen LogP contribution in [0.5, 0.6) is 5.75 Å². The molecule has 1 aliphatic carbocycles. The maximum atomic E-state index is 13.1. The molecule has 0 aliphatic heterocycles. The van der Waals surface area contributed by atoms with Gasteiger partial charge < -0.3 is 15.2 Å². The highest BCUT2D eigenvalue weighted by molar-refractivity contribution is 5.99. The van der Waals surface area contributed by atoms with Crippen molar-refractivity contribution in [2.45, 2.75) is 57.4 Å². The summed E-state index contributed by atoms with van der Waals surface area (Å²) in [5.41, 5.74) is 0.736. The van der Waals surface area contributed by atoms with Gasteiger partial charge in [-0.25, -0.2) is 9.78 Å². The van der Waals surface area contributed by atoms with Crippen LogP contribution >= 0.6 is 0 Å². The molecule has 1 aliphatic rings. The molecule has 2 aromatic rings. The Morgan fingerprint density at radius 3 is 2.41 bits per heavy atom. The van der Waals surface area contributed by atoms with Crippen LogP contribution in [0.2, 0.25) is 0 Å². The number of aromatic hydroxyl groups is 1. The van der Waals surface area contributed by atoms with Crippen LogP contribution in [-0.4, -0.2) is 34.1 Å². The summed E-state index contributed by atoms with van der Waals surface area (Å²) < 4.78 is 5.57. The standard InChI is InChI=1S/C23H28N2O4/c1-2-3-4-5-8-14-29-22(28)23(15-17-10-6-7-11-18(17)16-23)25-21(27)20-19(26)12-9-13-24-20/h6-7,9-13,26H,2-5,8,14-16H2,1H3,(H,25,27). The Bertz CT molecular complexity index is 840. The first-order chi connectivity index (χ1) is 14.1. The average molecular weight is 396 g/mol. The molecule has 1 aromatic heterocycles. The molecule has 6 heteroatoms. The highest BCUT2D eigenvalue weighted by Gasteiger charge is 2.47. The summed E-state index contributed by atoms with van der Waals surface area (Å²) in [5, 5.41) is 12.8. The number of unbranched alkanes of at least 4 members (excludes halogenated alkanes) is 4. The molecule has 0 saturated carbocycles. The van der Waals surface area contributed by atoms with Crippen LogP contribution in [0.15, 0.2) is 42.6 Å². The zero-order valence-corrected chi connectivity index (χ0v) is 16.8. The van der Waals surface area contributed by atoms with E-state index in [9.17, 15) is 14.7 Å². The van der Waals surface area contributed by atoms with Crippen LogP contribution in [0, 0.1) is 0 Å². The molecular formula is C23H28N2O4. The number of amides is 1. The predicted octanol–water partition coefficient (Wildman–Crippen LogP) is 3.57. The van der Waals surface area contributed by atoms with Gasteiger partial charge in [0.15, 0.2) is 5.69 Å². The number of aromatic nitrogens is 1. The van der Waals surface area contributed by atoms with Crippen LogP contribution in [0.3, 0.4) is 0 Å². The minimum absolute atomic E-state index is 0.102. The van der Waals surface area contributed by atoms with Crippen molar-refractivity contribution in [1.82, 2.24) is 10.3 Å². The molecule has 0 bridgehead atoms. The summed E-state index contributed by atoms with van der Waals surface area (Å²) in [6.45, 7) is 2.50. The highest BCUT2D eigenvalue weighted by atomic mass is 16.5. The number of nitrogens with one attached hydrogen (secondary N) is 1. The van der Waals surface area contributed by atoms with Crippen LogP contribution in [-0.2, 0) is 22.4 Å². The van der Waals surface area contributed by atoms with Gasteiger partial charge in [0.05, 0.1) is 6.61 Å². The Morgan fingerprint density at radius 2 is 1.76 bits per heavy atom. The summed E-state index contributed by atoms with van der Waals surface area (Å²) in [6.07, 6.45) is 7.44. The van der Waals surface area contributed by atoms with Crippen LogP contribution in [0.25, 0.3) is 0 Å². The van der Waals surface area contributed by atoms with Crippen molar-refractivity contribution < 1.29 is 19.4 Å². The molecule has 0 radical (unpaired) electrons. The average Bonchev–Trinajstić information content (AvgIpc) is 3.10. The quantitative estimate of drug-likeness (QED) is 0.500. The number of esters is 1. The lowest BCUT2D eigenvalue weighted by atomic mass is 9.95. The first kappa shape index (κ1) is 20.8. The molecule has 0 atom stereocenters. The summed E-state index contributed by atoms with van der Waals surface area (Å²) in [5.74, 6) is -1.25. The smallest absolute Gasteiger partial charge is 0.332 e. The largest absolute Gasteiger partial charge is 0.505 e. The summed E-state index contributed by atoms with van der Waals surface area (Å²) >= 11 is 0. The van der Waals surface area contributed by atoms with Crippen molar-refractivity contribution in [2.75, 3.05) is 6.61 Å². The second-order valence-corrected chi connectivity index (χ2v) is 7.58. The molecule has 29 heavy (non-hydrogen) atoms. The van der Waals surface area contributed by atoms with E-state index in [0.717, 1.165) is 36.8 Å². The number of fused-ring (bicyclic) bond motifs is 1. The number of nitrogens with zero attached hydrogens (tertiary/aromatic N) is 1. The van der Waals surface area contributed by atoms with Gasteiger partial charge in [0.2, 0.25) is 0 Å². The molecule has 1 amide bonds. The molecule has 1 aromatic carbocycles.